The number of carbonyl (C=O) groups is 1. The Morgan fingerprint density at radius 3 is 2.67 bits per heavy atom. The summed E-state index contributed by atoms with van der Waals surface area (Å²) in [5, 5.41) is 10.5. The van der Waals surface area contributed by atoms with Gasteiger partial charge in [-0.3, -0.25) is 4.79 Å². The molecule has 2 saturated heterocycles. The molecule has 2 aliphatic heterocycles. The van der Waals surface area contributed by atoms with Crippen molar-refractivity contribution in [2.75, 3.05) is 40.3 Å². The molecule has 1 atom stereocenters. The lowest BCUT2D eigenvalue weighted by Gasteiger charge is -2.48. The molecule has 0 aromatic heterocycles. The lowest BCUT2D eigenvalue weighted by Crippen LogP contribution is -2.53. The minimum absolute atomic E-state index is 0.0131. The predicted octanol–water partition coefficient (Wildman–Crippen LogP) is 2.27. The molecular weight excluding hydrogens is 328 g/mol. The lowest BCUT2D eigenvalue weighted by molar-refractivity contribution is -0.0286. The number of hydrogen-bond donors (Lipinski definition) is 1. The number of β-amino-alcohol motifs (C(OH)–C–C–N with tert-alkyl or cyclic N) is 1. The van der Waals surface area contributed by atoms with Crippen LogP contribution >= 0.6 is 11.6 Å². The van der Waals surface area contributed by atoms with E-state index in [1.807, 2.05) is 4.90 Å². The van der Waals surface area contributed by atoms with Crippen molar-refractivity contribution >= 4 is 17.5 Å². The highest BCUT2D eigenvalue weighted by atomic mass is 35.5. The van der Waals surface area contributed by atoms with Gasteiger partial charge in [0.25, 0.3) is 5.91 Å². The maximum absolute atomic E-state index is 12.7. The molecule has 24 heavy (non-hydrogen) atoms. The summed E-state index contributed by atoms with van der Waals surface area (Å²) in [7, 11) is 3.61. The SMILES string of the molecule is COc1ccc(C(=O)N2CCC3(CC2)CC(O)CN(C)C3)cc1Cl. The van der Waals surface area contributed by atoms with Crippen LogP contribution < -0.4 is 4.74 Å². The number of aliphatic hydroxyl groups excluding tert-OH is 1. The third-order valence-corrected chi connectivity index (χ3v) is 5.60. The number of rotatable bonds is 2. The number of benzene rings is 1. The third kappa shape index (κ3) is 3.53. The zero-order valence-electron chi connectivity index (χ0n) is 14.3. The number of carbonyl (C=O) groups excluding carboxylic acids is 1. The quantitative estimate of drug-likeness (QED) is 0.887. The lowest BCUT2D eigenvalue weighted by atomic mass is 9.71. The molecule has 2 heterocycles. The Morgan fingerprint density at radius 1 is 1.38 bits per heavy atom. The number of piperidine rings is 2. The van der Waals surface area contributed by atoms with Gasteiger partial charge in [-0.25, -0.2) is 0 Å². The maximum atomic E-state index is 12.7. The minimum atomic E-state index is -0.258. The molecule has 0 saturated carbocycles. The van der Waals surface area contributed by atoms with Gasteiger partial charge in [-0.15, -0.1) is 0 Å². The molecular formula is C18H25ClN2O3. The van der Waals surface area contributed by atoms with Crippen LogP contribution in [0.25, 0.3) is 0 Å². The summed E-state index contributed by atoms with van der Waals surface area (Å²) in [5.74, 6) is 0.587. The van der Waals surface area contributed by atoms with E-state index in [0.717, 1.165) is 45.4 Å². The first-order valence-electron chi connectivity index (χ1n) is 8.42. The van der Waals surface area contributed by atoms with E-state index in [4.69, 9.17) is 16.3 Å². The number of nitrogens with zero attached hydrogens (tertiary/aromatic N) is 2. The Kier molecular flexibility index (Phi) is 5.04. The summed E-state index contributed by atoms with van der Waals surface area (Å²) in [6, 6.07) is 5.16. The van der Waals surface area contributed by atoms with Gasteiger partial charge in [0.2, 0.25) is 0 Å². The molecule has 2 aliphatic rings. The number of likely N-dealkylation sites (N-methyl/N-ethyl adjacent to an activating group) is 1. The Morgan fingerprint density at radius 2 is 2.08 bits per heavy atom. The van der Waals surface area contributed by atoms with Crippen molar-refractivity contribution in [2.45, 2.75) is 25.4 Å². The Labute approximate surface area is 148 Å². The standard InChI is InChI=1S/C18H25ClN2O3/c1-20-11-14(22)10-18(12-20)5-7-21(8-6-18)17(23)13-3-4-16(24-2)15(19)9-13/h3-4,9,14,22H,5-8,10-12H2,1-2H3. The highest BCUT2D eigenvalue weighted by Crippen LogP contribution is 2.40. The molecule has 3 rings (SSSR count). The van der Waals surface area contributed by atoms with Crippen molar-refractivity contribution in [3.63, 3.8) is 0 Å². The molecule has 1 amide bonds. The van der Waals surface area contributed by atoms with E-state index in [0.29, 0.717) is 16.3 Å². The highest BCUT2D eigenvalue weighted by Gasteiger charge is 2.41. The van der Waals surface area contributed by atoms with Gasteiger partial charge in [-0.05, 0) is 49.9 Å². The number of hydrogen-bond acceptors (Lipinski definition) is 4. The van der Waals surface area contributed by atoms with Gasteiger partial charge in [0.05, 0.1) is 18.2 Å². The van der Waals surface area contributed by atoms with E-state index in [2.05, 4.69) is 11.9 Å². The fourth-order valence-electron chi connectivity index (χ4n) is 4.15. The van der Waals surface area contributed by atoms with Crippen molar-refractivity contribution in [3.8, 4) is 5.75 Å². The van der Waals surface area contributed by atoms with Gasteiger partial charge in [0.1, 0.15) is 5.75 Å². The normalized spacial score (nSPS) is 24.2. The molecule has 132 valence electrons. The van der Waals surface area contributed by atoms with Crippen molar-refractivity contribution < 1.29 is 14.6 Å². The summed E-state index contributed by atoms with van der Waals surface area (Å²) in [6.45, 7) is 3.20. The highest BCUT2D eigenvalue weighted by molar-refractivity contribution is 6.32. The average Bonchev–Trinajstić information content (AvgIpc) is 2.53. The first-order valence-corrected chi connectivity index (χ1v) is 8.80. The van der Waals surface area contributed by atoms with Gasteiger partial charge >= 0.3 is 0 Å². The molecule has 5 nitrogen and oxygen atoms in total. The van der Waals surface area contributed by atoms with Crippen LogP contribution in [0.15, 0.2) is 18.2 Å². The molecule has 1 N–H and O–H groups in total. The van der Waals surface area contributed by atoms with Crippen LogP contribution in [0.1, 0.15) is 29.6 Å². The monoisotopic (exact) mass is 352 g/mol. The molecule has 1 aromatic carbocycles. The Bertz CT molecular complexity index is 602. The summed E-state index contributed by atoms with van der Waals surface area (Å²) in [6.07, 6.45) is 2.45. The smallest absolute Gasteiger partial charge is 0.253 e. The molecule has 1 spiro atoms. The summed E-state index contributed by atoms with van der Waals surface area (Å²) in [5.41, 5.74) is 0.735. The zero-order valence-corrected chi connectivity index (χ0v) is 15.1. The second-order valence-corrected chi connectivity index (χ2v) is 7.60. The largest absolute Gasteiger partial charge is 0.495 e. The molecule has 6 heteroatoms. The topological polar surface area (TPSA) is 53.0 Å². The van der Waals surface area contributed by atoms with Crippen molar-refractivity contribution in [2.24, 2.45) is 5.41 Å². The minimum Gasteiger partial charge on any atom is -0.495 e. The average molecular weight is 353 g/mol. The second kappa shape index (κ2) is 6.90. The van der Waals surface area contributed by atoms with Crippen LogP contribution in [0.4, 0.5) is 0 Å². The van der Waals surface area contributed by atoms with Crippen LogP contribution in [0.2, 0.25) is 5.02 Å². The van der Waals surface area contributed by atoms with Gasteiger partial charge in [0, 0.05) is 31.7 Å². The number of likely N-dealkylation sites (tertiary alicyclic amines) is 2. The summed E-state index contributed by atoms with van der Waals surface area (Å²) >= 11 is 6.13. The Balaban J connectivity index is 1.66. The first kappa shape index (κ1) is 17.5. The van der Waals surface area contributed by atoms with E-state index < -0.39 is 0 Å². The van der Waals surface area contributed by atoms with Crippen LogP contribution in [-0.2, 0) is 0 Å². The van der Waals surface area contributed by atoms with Crippen molar-refractivity contribution in [1.29, 1.82) is 0 Å². The first-order chi connectivity index (χ1) is 11.4. The van der Waals surface area contributed by atoms with Crippen molar-refractivity contribution in [3.05, 3.63) is 28.8 Å². The fraction of sp³-hybridized carbons (Fsp3) is 0.611. The molecule has 1 aromatic rings. The molecule has 0 bridgehead atoms. The number of aliphatic hydroxyl groups is 1. The maximum Gasteiger partial charge on any atom is 0.253 e. The summed E-state index contributed by atoms with van der Waals surface area (Å²) < 4.78 is 5.14. The third-order valence-electron chi connectivity index (χ3n) is 5.31. The van der Waals surface area contributed by atoms with E-state index >= 15 is 0 Å². The predicted molar refractivity (Wildman–Crippen MR) is 93.7 cm³/mol. The number of methoxy groups -OCH3 is 1. The molecule has 1 unspecified atom stereocenters. The second-order valence-electron chi connectivity index (χ2n) is 7.20. The van der Waals surface area contributed by atoms with Gasteiger partial charge in [-0.2, -0.15) is 0 Å². The molecule has 0 aliphatic carbocycles. The van der Waals surface area contributed by atoms with Crippen LogP contribution in [0, 0.1) is 5.41 Å². The number of amides is 1. The number of halogens is 1. The van der Waals surface area contributed by atoms with E-state index in [-0.39, 0.29) is 17.4 Å². The summed E-state index contributed by atoms with van der Waals surface area (Å²) in [4.78, 5) is 16.8. The van der Waals surface area contributed by atoms with Gasteiger partial charge in [0.15, 0.2) is 0 Å². The molecule has 0 radical (unpaired) electrons. The van der Waals surface area contributed by atoms with Crippen LogP contribution in [0.5, 0.6) is 5.75 Å². The van der Waals surface area contributed by atoms with Gasteiger partial charge in [-0.1, -0.05) is 11.6 Å². The Hall–Kier alpha value is -1.30. The fourth-order valence-corrected chi connectivity index (χ4v) is 4.41. The van der Waals surface area contributed by atoms with Crippen molar-refractivity contribution in [1.82, 2.24) is 9.80 Å². The van der Waals surface area contributed by atoms with E-state index in [9.17, 15) is 9.90 Å². The van der Waals surface area contributed by atoms with Crippen LogP contribution in [0.3, 0.4) is 0 Å². The zero-order chi connectivity index (χ0) is 17.3. The van der Waals surface area contributed by atoms with Gasteiger partial charge < -0.3 is 19.6 Å². The van der Waals surface area contributed by atoms with E-state index in [1.165, 1.54) is 0 Å². The number of ether oxygens (including phenoxy) is 1. The van der Waals surface area contributed by atoms with Crippen LogP contribution in [-0.4, -0.2) is 67.3 Å². The van der Waals surface area contributed by atoms with E-state index in [1.54, 1.807) is 25.3 Å². The molecule has 2 fully saturated rings.